The Hall–Kier alpha value is -8.80. The molecule has 66 heavy (non-hydrogen) atoms. The fourth-order valence-electron chi connectivity index (χ4n) is 11.2. The Morgan fingerprint density at radius 2 is 0.970 bits per heavy atom. The fourth-order valence-corrected chi connectivity index (χ4v) is 11.2. The van der Waals surface area contributed by atoms with E-state index in [1.54, 1.807) is 0 Å². The lowest BCUT2D eigenvalue weighted by atomic mass is 9.70. The van der Waals surface area contributed by atoms with Gasteiger partial charge in [-0.05, 0) is 76.3 Å². The van der Waals surface area contributed by atoms with E-state index >= 15 is 0 Å². The van der Waals surface area contributed by atoms with E-state index < -0.39 is 5.41 Å². The van der Waals surface area contributed by atoms with Crippen molar-refractivity contribution in [2.75, 3.05) is 4.90 Å². The van der Waals surface area contributed by atoms with Crippen LogP contribution in [0.15, 0.2) is 235 Å². The summed E-state index contributed by atoms with van der Waals surface area (Å²) in [5.74, 6) is 0.618. The molecule has 3 aromatic heterocycles. The molecule has 0 saturated carbocycles. The van der Waals surface area contributed by atoms with Crippen LogP contribution in [0.3, 0.4) is 0 Å². The van der Waals surface area contributed by atoms with E-state index in [2.05, 4.69) is 234 Å². The Balaban J connectivity index is 1.13. The van der Waals surface area contributed by atoms with Crippen LogP contribution in [0.5, 0.6) is 0 Å². The molecule has 0 bridgehead atoms. The van der Waals surface area contributed by atoms with Gasteiger partial charge in [-0.1, -0.05) is 182 Å². The third-order valence-corrected chi connectivity index (χ3v) is 13.8. The highest BCUT2D eigenvalue weighted by molar-refractivity contribution is 6.11. The molecule has 0 aliphatic heterocycles. The molecule has 0 fully saturated rings. The van der Waals surface area contributed by atoms with Gasteiger partial charge in [-0.15, -0.1) is 0 Å². The van der Waals surface area contributed by atoms with E-state index in [0.717, 1.165) is 78.1 Å². The number of nitrogens with zero attached hydrogens (tertiary/aromatic N) is 4. The van der Waals surface area contributed by atoms with Crippen LogP contribution in [0, 0.1) is 0 Å². The molecule has 9 aromatic carbocycles. The first-order valence-corrected chi connectivity index (χ1v) is 22.5. The first-order valence-electron chi connectivity index (χ1n) is 22.5. The first-order chi connectivity index (χ1) is 32.8. The topological polar surface area (TPSA) is 47.1 Å². The summed E-state index contributed by atoms with van der Waals surface area (Å²) in [4.78, 5) is 13.4. The zero-order valence-electron chi connectivity index (χ0n) is 35.6. The van der Waals surface area contributed by atoms with Crippen molar-refractivity contribution in [3.8, 4) is 50.8 Å². The van der Waals surface area contributed by atoms with Crippen molar-refractivity contribution in [2.45, 2.75) is 5.41 Å². The summed E-state index contributed by atoms with van der Waals surface area (Å²) in [5, 5.41) is 3.30. The van der Waals surface area contributed by atoms with Gasteiger partial charge in [0.25, 0.3) is 0 Å². The largest absolute Gasteiger partial charge is 0.454 e. The number of hydrogen-bond donors (Lipinski definition) is 0. The molecule has 2 aliphatic rings. The maximum atomic E-state index is 6.76. The second kappa shape index (κ2) is 14.1. The lowest BCUT2D eigenvalue weighted by molar-refractivity contribution is 0.669. The van der Waals surface area contributed by atoms with Gasteiger partial charge in [0.1, 0.15) is 5.58 Å². The Morgan fingerprint density at radius 1 is 0.424 bits per heavy atom. The zero-order valence-corrected chi connectivity index (χ0v) is 35.6. The van der Waals surface area contributed by atoms with Crippen molar-refractivity contribution in [3.05, 3.63) is 253 Å². The monoisotopic (exact) mass is 842 g/mol. The summed E-state index contributed by atoms with van der Waals surface area (Å²) in [6.07, 6.45) is 0. The van der Waals surface area contributed by atoms with Crippen LogP contribution in [0.4, 0.5) is 17.1 Å². The van der Waals surface area contributed by atoms with Crippen LogP contribution in [0.25, 0.3) is 83.7 Å². The van der Waals surface area contributed by atoms with Crippen LogP contribution in [-0.2, 0) is 5.41 Å². The van der Waals surface area contributed by atoms with E-state index in [0.29, 0.717) is 5.95 Å². The normalized spacial score (nSPS) is 13.0. The molecule has 5 heteroatoms. The minimum atomic E-state index is -0.628. The highest BCUT2D eigenvalue weighted by Crippen LogP contribution is 2.65. The minimum absolute atomic E-state index is 0.618. The third kappa shape index (κ3) is 5.11. The quantitative estimate of drug-likeness (QED) is 0.167. The van der Waals surface area contributed by atoms with Gasteiger partial charge in [0, 0.05) is 49.8 Å². The van der Waals surface area contributed by atoms with Gasteiger partial charge in [0.05, 0.1) is 33.7 Å². The molecule has 5 nitrogen and oxygen atoms in total. The van der Waals surface area contributed by atoms with E-state index in [1.807, 2.05) is 6.07 Å². The van der Waals surface area contributed by atoms with Crippen molar-refractivity contribution in [1.82, 2.24) is 14.5 Å². The lowest BCUT2D eigenvalue weighted by Crippen LogP contribution is -2.25. The zero-order chi connectivity index (χ0) is 43.3. The molecule has 0 amide bonds. The molecule has 0 N–H and O–H groups in total. The lowest BCUT2D eigenvalue weighted by Gasteiger charge is -2.30. The van der Waals surface area contributed by atoms with Gasteiger partial charge < -0.3 is 9.32 Å². The average Bonchev–Trinajstić information content (AvgIpc) is 4.11. The molecule has 0 unspecified atom stereocenters. The molecule has 0 atom stereocenters. The first kappa shape index (κ1) is 36.7. The van der Waals surface area contributed by atoms with Crippen molar-refractivity contribution in [2.24, 2.45) is 0 Å². The van der Waals surface area contributed by atoms with E-state index in [1.165, 1.54) is 38.9 Å². The number of aromatic nitrogens is 3. The van der Waals surface area contributed by atoms with E-state index in [-0.39, 0.29) is 0 Å². The van der Waals surface area contributed by atoms with Crippen LogP contribution in [0.2, 0.25) is 0 Å². The maximum Gasteiger partial charge on any atom is 0.235 e. The number of benzene rings is 9. The summed E-state index contributed by atoms with van der Waals surface area (Å²) in [5.41, 5.74) is 18.7. The summed E-state index contributed by atoms with van der Waals surface area (Å²) in [6.45, 7) is 0. The van der Waals surface area contributed by atoms with Gasteiger partial charge in [-0.2, -0.15) is 0 Å². The maximum absolute atomic E-state index is 6.76. The molecule has 2 aliphatic carbocycles. The SMILES string of the molecule is c1ccc(-c2cc(-c3ccccc3)nc(-n3c4c(c5cc(N(c6ccccc6)c6cccc7c6oc6ccccc67)ccc53)C3(c5ccccc5-c5ccccc53)c3ccccc3-4)n2)cc1. The summed E-state index contributed by atoms with van der Waals surface area (Å²) >= 11 is 0. The number of rotatable bonds is 6. The second-order valence-corrected chi connectivity index (χ2v) is 17.2. The van der Waals surface area contributed by atoms with E-state index in [9.17, 15) is 0 Å². The highest BCUT2D eigenvalue weighted by atomic mass is 16.3. The van der Waals surface area contributed by atoms with Crippen molar-refractivity contribution >= 4 is 49.9 Å². The van der Waals surface area contributed by atoms with Gasteiger partial charge in [0.15, 0.2) is 5.58 Å². The summed E-state index contributed by atoms with van der Waals surface area (Å²) in [6, 6.07) is 82.3. The third-order valence-electron chi connectivity index (χ3n) is 13.8. The number of hydrogen-bond acceptors (Lipinski definition) is 4. The van der Waals surface area contributed by atoms with Crippen LogP contribution < -0.4 is 4.90 Å². The molecule has 0 saturated heterocycles. The number of furan rings is 1. The molecule has 1 spiro atoms. The van der Waals surface area contributed by atoms with Crippen molar-refractivity contribution < 1.29 is 4.42 Å². The molecule has 0 radical (unpaired) electrons. The average molecular weight is 843 g/mol. The second-order valence-electron chi connectivity index (χ2n) is 17.2. The smallest absolute Gasteiger partial charge is 0.235 e. The van der Waals surface area contributed by atoms with Crippen LogP contribution >= 0.6 is 0 Å². The molecule has 12 aromatic rings. The molecular formula is C61H38N4O. The van der Waals surface area contributed by atoms with Crippen molar-refractivity contribution in [3.63, 3.8) is 0 Å². The number of anilines is 3. The number of fused-ring (bicyclic) bond motifs is 15. The summed E-state index contributed by atoms with van der Waals surface area (Å²) < 4.78 is 9.11. The molecular weight excluding hydrogens is 805 g/mol. The van der Waals surface area contributed by atoms with Crippen LogP contribution in [0.1, 0.15) is 22.3 Å². The fraction of sp³-hybridized carbons (Fsp3) is 0.0164. The van der Waals surface area contributed by atoms with E-state index in [4.69, 9.17) is 14.4 Å². The Kier molecular flexibility index (Phi) is 7.83. The van der Waals surface area contributed by atoms with Crippen LogP contribution in [-0.4, -0.2) is 14.5 Å². The Labute approximate surface area is 381 Å². The molecule has 3 heterocycles. The summed E-state index contributed by atoms with van der Waals surface area (Å²) in [7, 11) is 0. The van der Waals surface area contributed by atoms with Gasteiger partial charge in [-0.25, -0.2) is 9.97 Å². The molecule has 308 valence electrons. The Morgan fingerprint density at radius 3 is 1.64 bits per heavy atom. The van der Waals surface area contributed by atoms with Gasteiger partial charge >= 0.3 is 0 Å². The highest BCUT2D eigenvalue weighted by Gasteiger charge is 2.54. The predicted molar refractivity (Wildman–Crippen MR) is 268 cm³/mol. The Bertz CT molecular complexity index is 3790. The predicted octanol–water partition coefficient (Wildman–Crippen LogP) is 15.5. The van der Waals surface area contributed by atoms with Crippen molar-refractivity contribution in [1.29, 1.82) is 0 Å². The standard InChI is InChI=1S/C61H38N4O/c1-4-19-39(20-5-1)52-38-53(40-21-6-2-7-22-40)63-60(62-52)65-54-36-35-42(64(41-23-8-3-9-24-41)55-33-18-29-46-45-27-13-17-34-56(45)66-59(46)55)37-48(54)57-58(65)47-28-12-16-32-51(47)61(57)49-30-14-10-25-43(49)44-26-11-15-31-50(44)61/h1-38H. The van der Waals surface area contributed by atoms with Gasteiger partial charge in [0.2, 0.25) is 5.95 Å². The number of para-hydroxylation sites is 3. The molecule has 14 rings (SSSR count). The van der Waals surface area contributed by atoms with Gasteiger partial charge in [-0.3, -0.25) is 4.57 Å². The minimum Gasteiger partial charge on any atom is -0.454 e.